The topological polar surface area (TPSA) is 87.0 Å². The summed E-state index contributed by atoms with van der Waals surface area (Å²) in [6.07, 6.45) is 1.71. The molecule has 1 aliphatic rings. The third kappa shape index (κ3) is 3.69. The van der Waals surface area contributed by atoms with E-state index in [1.54, 1.807) is 50.7 Å². The molecule has 8 heteroatoms. The highest BCUT2D eigenvalue weighted by Crippen LogP contribution is 2.18. The number of carbonyl (C=O) groups is 3. The molecule has 4 rings (SSSR count). The average Bonchev–Trinajstić information content (AvgIpc) is 3.14. The molecule has 1 aromatic carbocycles. The molecule has 0 atom stereocenters. The highest BCUT2D eigenvalue weighted by atomic mass is 16.2. The van der Waals surface area contributed by atoms with Gasteiger partial charge in [0.15, 0.2) is 5.69 Å². The summed E-state index contributed by atoms with van der Waals surface area (Å²) in [6.45, 7) is 3.39. The van der Waals surface area contributed by atoms with E-state index in [0.29, 0.717) is 37.4 Å². The Kier molecular flexibility index (Phi) is 4.99. The third-order valence-electron chi connectivity index (χ3n) is 5.00. The lowest BCUT2D eigenvalue weighted by Gasteiger charge is -2.33. The van der Waals surface area contributed by atoms with Crippen LogP contribution in [0.25, 0.3) is 5.52 Å². The second kappa shape index (κ2) is 7.75. The van der Waals surface area contributed by atoms with E-state index in [4.69, 9.17) is 0 Å². The fourth-order valence-corrected chi connectivity index (χ4v) is 3.44. The summed E-state index contributed by atoms with van der Waals surface area (Å²) in [4.78, 5) is 45.2. The molecule has 1 fully saturated rings. The van der Waals surface area contributed by atoms with E-state index in [1.807, 2.05) is 18.2 Å². The van der Waals surface area contributed by atoms with Crippen molar-refractivity contribution in [2.75, 3.05) is 31.5 Å². The van der Waals surface area contributed by atoms with Gasteiger partial charge in [-0.05, 0) is 24.3 Å². The fourth-order valence-electron chi connectivity index (χ4n) is 3.44. The standard InChI is InChI=1S/C21H21N5O3/c1-15(27)24-11-13-25(14-12-24)21(29)18-17-9-5-6-10-26(17)19(23-18)20(28)22-16-7-3-2-4-8-16/h2-10H,11-14H2,1H3,(H,22,28). The molecule has 0 aliphatic carbocycles. The first kappa shape index (κ1) is 18.7. The minimum atomic E-state index is -0.391. The van der Waals surface area contributed by atoms with Crippen LogP contribution in [0.2, 0.25) is 0 Å². The van der Waals surface area contributed by atoms with Crippen molar-refractivity contribution in [2.24, 2.45) is 0 Å². The van der Waals surface area contributed by atoms with Crippen LogP contribution in [-0.4, -0.2) is 63.1 Å². The van der Waals surface area contributed by atoms with E-state index in [0.717, 1.165) is 0 Å². The second-order valence-corrected chi connectivity index (χ2v) is 6.86. The van der Waals surface area contributed by atoms with Gasteiger partial charge in [0.2, 0.25) is 11.7 Å². The summed E-state index contributed by atoms with van der Waals surface area (Å²) < 4.78 is 1.62. The molecule has 29 heavy (non-hydrogen) atoms. The average molecular weight is 391 g/mol. The highest BCUT2D eigenvalue weighted by molar-refractivity contribution is 6.06. The maximum atomic E-state index is 13.1. The van der Waals surface area contributed by atoms with Crippen LogP contribution in [0.3, 0.4) is 0 Å². The van der Waals surface area contributed by atoms with Gasteiger partial charge >= 0.3 is 0 Å². The molecule has 3 amide bonds. The lowest BCUT2D eigenvalue weighted by Crippen LogP contribution is -2.50. The zero-order valence-corrected chi connectivity index (χ0v) is 16.0. The van der Waals surface area contributed by atoms with Crippen LogP contribution in [0.5, 0.6) is 0 Å². The van der Waals surface area contributed by atoms with E-state index < -0.39 is 5.91 Å². The maximum absolute atomic E-state index is 13.1. The molecule has 1 N–H and O–H groups in total. The Hall–Kier alpha value is -3.68. The van der Waals surface area contributed by atoms with Crippen molar-refractivity contribution in [2.45, 2.75) is 6.92 Å². The zero-order chi connectivity index (χ0) is 20.4. The number of fused-ring (bicyclic) bond motifs is 1. The molecule has 0 bridgehead atoms. The molecule has 8 nitrogen and oxygen atoms in total. The molecule has 1 saturated heterocycles. The van der Waals surface area contributed by atoms with Gasteiger partial charge in [0.05, 0.1) is 5.52 Å². The Labute approximate surface area is 167 Å². The Morgan fingerprint density at radius 1 is 0.897 bits per heavy atom. The van der Waals surface area contributed by atoms with Crippen molar-refractivity contribution in [3.63, 3.8) is 0 Å². The number of rotatable bonds is 3. The quantitative estimate of drug-likeness (QED) is 0.739. The summed E-state index contributed by atoms with van der Waals surface area (Å²) in [6, 6.07) is 14.5. The molecular weight excluding hydrogens is 370 g/mol. The van der Waals surface area contributed by atoms with Crippen LogP contribution in [0.4, 0.5) is 5.69 Å². The number of para-hydroxylation sites is 1. The molecule has 0 saturated carbocycles. The second-order valence-electron chi connectivity index (χ2n) is 6.86. The number of aromatic nitrogens is 2. The van der Waals surface area contributed by atoms with Gasteiger partial charge in [0.25, 0.3) is 11.8 Å². The van der Waals surface area contributed by atoms with Gasteiger partial charge in [-0.3, -0.25) is 18.8 Å². The van der Waals surface area contributed by atoms with Crippen LogP contribution in [0.1, 0.15) is 28.0 Å². The molecule has 148 valence electrons. The summed E-state index contributed by atoms with van der Waals surface area (Å²) in [7, 11) is 0. The van der Waals surface area contributed by atoms with Gasteiger partial charge < -0.3 is 15.1 Å². The molecule has 0 radical (unpaired) electrons. The Morgan fingerprint density at radius 3 is 2.24 bits per heavy atom. The van der Waals surface area contributed by atoms with Gasteiger partial charge in [-0.1, -0.05) is 24.3 Å². The lowest BCUT2D eigenvalue weighted by molar-refractivity contribution is -0.130. The summed E-state index contributed by atoms with van der Waals surface area (Å²) in [5.74, 6) is -0.479. The van der Waals surface area contributed by atoms with Crippen LogP contribution in [-0.2, 0) is 4.79 Å². The number of benzene rings is 1. The number of anilines is 1. The number of nitrogens with one attached hydrogen (secondary N) is 1. The molecule has 3 aromatic rings. The smallest absolute Gasteiger partial charge is 0.292 e. The van der Waals surface area contributed by atoms with Gasteiger partial charge in [-0.2, -0.15) is 0 Å². The van der Waals surface area contributed by atoms with Gasteiger partial charge in [-0.15, -0.1) is 0 Å². The predicted molar refractivity (Wildman–Crippen MR) is 108 cm³/mol. The van der Waals surface area contributed by atoms with Crippen LogP contribution in [0.15, 0.2) is 54.7 Å². The van der Waals surface area contributed by atoms with Crippen molar-refractivity contribution in [3.8, 4) is 0 Å². The SMILES string of the molecule is CC(=O)N1CCN(C(=O)c2nc(C(=O)Nc3ccccc3)n3ccccc23)CC1. The number of piperazine rings is 1. The van der Waals surface area contributed by atoms with Gasteiger partial charge in [0, 0.05) is 45.0 Å². The Bertz CT molecular complexity index is 1070. The molecular formula is C21H21N5O3. The summed E-state index contributed by atoms with van der Waals surface area (Å²) in [5.41, 5.74) is 1.46. The monoisotopic (exact) mass is 391 g/mol. The Morgan fingerprint density at radius 2 is 1.55 bits per heavy atom. The summed E-state index contributed by atoms with van der Waals surface area (Å²) >= 11 is 0. The van der Waals surface area contributed by atoms with Crippen LogP contribution in [0, 0.1) is 0 Å². The first-order chi connectivity index (χ1) is 14.0. The van der Waals surface area contributed by atoms with E-state index in [1.165, 1.54) is 6.92 Å². The highest BCUT2D eigenvalue weighted by Gasteiger charge is 2.28. The van der Waals surface area contributed by atoms with Crippen molar-refractivity contribution >= 4 is 28.9 Å². The number of nitrogens with zero attached hydrogens (tertiary/aromatic N) is 4. The van der Waals surface area contributed by atoms with E-state index >= 15 is 0 Å². The number of pyridine rings is 1. The largest absolute Gasteiger partial charge is 0.339 e. The fraction of sp³-hybridized carbons (Fsp3) is 0.238. The lowest BCUT2D eigenvalue weighted by atomic mass is 10.2. The van der Waals surface area contributed by atoms with Crippen molar-refractivity contribution in [1.29, 1.82) is 0 Å². The number of hydrogen-bond donors (Lipinski definition) is 1. The predicted octanol–water partition coefficient (Wildman–Crippen LogP) is 1.89. The van der Waals surface area contributed by atoms with Crippen LogP contribution < -0.4 is 5.32 Å². The van der Waals surface area contributed by atoms with E-state index in [-0.39, 0.29) is 23.3 Å². The van der Waals surface area contributed by atoms with Gasteiger partial charge in [-0.25, -0.2) is 4.98 Å². The first-order valence-electron chi connectivity index (χ1n) is 9.43. The molecule has 0 spiro atoms. The number of hydrogen-bond acceptors (Lipinski definition) is 4. The minimum absolute atomic E-state index is 0.00408. The minimum Gasteiger partial charge on any atom is -0.339 e. The summed E-state index contributed by atoms with van der Waals surface area (Å²) in [5, 5.41) is 2.81. The van der Waals surface area contributed by atoms with Crippen LogP contribution >= 0.6 is 0 Å². The Balaban J connectivity index is 1.61. The van der Waals surface area contributed by atoms with E-state index in [9.17, 15) is 14.4 Å². The van der Waals surface area contributed by atoms with Gasteiger partial charge in [0.1, 0.15) is 0 Å². The first-order valence-corrected chi connectivity index (χ1v) is 9.43. The van der Waals surface area contributed by atoms with Crippen molar-refractivity contribution in [3.05, 3.63) is 66.2 Å². The number of carbonyl (C=O) groups excluding carboxylic acids is 3. The number of amides is 3. The van der Waals surface area contributed by atoms with Crippen molar-refractivity contribution < 1.29 is 14.4 Å². The molecule has 2 aromatic heterocycles. The number of imidazole rings is 1. The van der Waals surface area contributed by atoms with Crippen molar-refractivity contribution in [1.82, 2.24) is 19.2 Å². The molecule has 1 aliphatic heterocycles. The van der Waals surface area contributed by atoms with E-state index in [2.05, 4.69) is 10.3 Å². The normalized spacial score (nSPS) is 14.1. The third-order valence-corrected chi connectivity index (χ3v) is 5.00. The zero-order valence-electron chi connectivity index (χ0n) is 16.0. The molecule has 3 heterocycles. The maximum Gasteiger partial charge on any atom is 0.292 e. The molecule has 0 unspecified atom stereocenters.